The van der Waals surface area contributed by atoms with Crippen LogP contribution in [0.15, 0.2) is 28.6 Å². The summed E-state index contributed by atoms with van der Waals surface area (Å²) in [5.74, 6) is 0.746. The average molecular weight is 333 g/mol. The summed E-state index contributed by atoms with van der Waals surface area (Å²) in [5.41, 5.74) is 1.03. The van der Waals surface area contributed by atoms with Crippen LogP contribution in [0, 0.1) is 0 Å². The molecule has 2 fully saturated rings. The number of carbonyl (C=O) groups is 1. The largest absolute Gasteiger partial charge is 0.340 e. The van der Waals surface area contributed by atoms with Crippen LogP contribution in [0.2, 0.25) is 0 Å². The molecule has 1 amide bonds. The van der Waals surface area contributed by atoms with Gasteiger partial charge in [-0.2, -0.15) is 0 Å². The first-order valence-corrected chi connectivity index (χ1v) is 9.60. The zero-order valence-corrected chi connectivity index (χ0v) is 14.0. The van der Waals surface area contributed by atoms with E-state index in [9.17, 15) is 4.79 Å². The topological polar surface area (TPSA) is 45.2 Å². The Labute approximate surface area is 138 Å². The summed E-state index contributed by atoms with van der Waals surface area (Å²) in [4.78, 5) is 19.1. The molecule has 2 unspecified atom stereocenters. The summed E-state index contributed by atoms with van der Waals surface area (Å²) in [6.07, 6.45) is 3.57. The minimum atomic E-state index is 0.249. The highest BCUT2D eigenvalue weighted by molar-refractivity contribution is 8.01. The van der Waals surface area contributed by atoms with Crippen LogP contribution in [0.3, 0.4) is 0 Å². The van der Waals surface area contributed by atoms with E-state index >= 15 is 0 Å². The van der Waals surface area contributed by atoms with E-state index in [1.807, 2.05) is 23.1 Å². The fourth-order valence-electron chi connectivity index (χ4n) is 3.30. The standard InChI is InChI=1S/C16H19N3OS2/c20-15(19-8-7-11-5-6-12(9-19)17-11)10-21-16-18-13-3-1-2-4-14(13)22-16/h1-4,11-12,17H,5-10H2. The van der Waals surface area contributed by atoms with E-state index in [0.717, 1.165) is 29.4 Å². The molecule has 1 N–H and O–H groups in total. The Kier molecular flexibility index (Phi) is 4.07. The van der Waals surface area contributed by atoms with Crippen molar-refractivity contribution in [2.45, 2.75) is 35.7 Å². The van der Waals surface area contributed by atoms with Crippen molar-refractivity contribution < 1.29 is 4.79 Å². The van der Waals surface area contributed by atoms with Crippen molar-refractivity contribution in [3.05, 3.63) is 24.3 Å². The monoisotopic (exact) mass is 333 g/mol. The molecule has 1 aromatic carbocycles. The summed E-state index contributed by atoms with van der Waals surface area (Å²) in [5, 5.41) is 3.62. The van der Waals surface area contributed by atoms with Crippen LogP contribution in [-0.2, 0) is 4.79 Å². The number of para-hydroxylation sites is 1. The predicted molar refractivity (Wildman–Crippen MR) is 91.5 cm³/mol. The lowest BCUT2D eigenvalue weighted by Crippen LogP contribution is -2.39. The van der Waals surface area contributed by atoms with Gasteiger partial charge >= 0.3 is 0 Å². The molecule has 2 saturated heterocycles. The van der Waals surface area contributed by atoms with Crippen LogP contribution in [0.25, 0.3) is 10.2 Å². The molecule has 4 rings (SSSR count). The number of hydrogen-bond acceptors (Lipinski definition) is 5. The Hall–Kier alpha value is -1.11. The Bertz CT molecular complexity index is 654. The number of aromatic nitrogens is 1. The van der Waals surface area contributed by atoms with Crippen molar-refractivity contribution in [1.29, 1.82) is 0 Å². The SMILES string of the molecule is O=C(CSc1nc2ccccc2s1)N1CCC2CCC(C1)N2. The third-order valence-electron chi connectivity index (χ3n) is 4.47. The number of rotatable bonds is 3. The minimum Gasteiger partial charge on any atom is -0.340 e. The average Bonchev–Trinajstić information content (AvgIpc) is 3.07. The van der Waals surface area contributed by atoms with Crippen molar-refractivity contribution >= 4 is 39.2 Å². The number of likely N-dealkylation sites (tertiary alicyclic amines) is 1. The van der Waals surface area contributed by atoms with Crippen LogP contribution >= 0.6 is 23.1 Å². The lowest BCUT2D eigenvalue weighted by atomic mass is 10.1. The second-order valence-corrected chi connectivity index (χ2v) is 8.26. The first-order valence-electron chi connectivity index (χ1n) is 7.80. The molecule has 2 aliphatic rings. The third kappa shape index (κ3) is 3.00. The van der Waals surface area contributed by atoms with Gasteiger partial charge in [0.15, 0.2) is 4.34 Å². The Morgan fingerprint density at radius 3 is 3.09 bits per heavy atom. The van der Waals surface area contributed by atoms with Crippen LogP contribution in [0.1, 0.15) is 19.3 Å². The number of hydrogen-bond donors (Lipinski definition) is 1. The second-order valence-electron chi connectivity index (χ2n) is 6.00. The molecule has 0 radical (unpaired) electrons. The van der Waals surface area contributed by atoms with E-state index in [1.165, 1.54) is 17.5 Å². The Morgan fingerprint density at radius 2 is 2.18 bits per heavy atom. The van der Waals surface area contributed by atoms with Gasteiger partial charge in [0.1, 0.15) is 0 Å². The van der Waals surface area contributed by atoms with E-state index in [-0.39, 0.29) is 5.91 Å². The van der Waals surface area contributed by atoms with E-state index in [0.29, 0.717) is 17.8 Å². The van der Waals surface area contributed by atoms with E-state index in [1.54, 1.807) is 23.1 Å². The van der Waals surface area contributed by atoms with E-state index in [2.05, 4.69) is 16.4 Å². The molecule has 2 bridgehead atoms. The summed E-state index contributed by atoms with van der Waals surface area (Å²) < 4.78 is 2.18. The number of nitrogens with zero attached hydrogens (tertiary/aromatic N) is 2. The number of carbonyl (C=O) groups excluding carboxylic acids is 1. The first-order chi connectivity index (χ1) is 10.8. The lowest BCUT2D eigenvalue weighted by Gasteiger charge is -2.24. The minimum absolute atomic E-state index is 0.249. The van der Waals surface area contributed by atoms with Crippen LogP contribution < -0.4 is 5.32 Å². The molecule has 4 nitrogen and oxygen atoms in total. The van der Waals surface area contributed by atoms with Gasteiger partial charge in [0.05, 0.1) is 16.0 Å². The molecule has 2 atom stereocenters. The number of fused-ring (bicyclic) bond motifs is 3. The molecule has 1 aromatic heterocycles. The molecular weight excluding hydrogens is 314 g/mol. The van der Waals surface area contributed by atoms with Crippen molar-refractivity contribution in [2.24, 2.45) is 0 Å². The van der Waals surface area contributed by atoms with Gasteiger partial charge in [0, 0.05) is 25.2 Å². The van der Waals surface area contributed by atoms with Gasteiger partial charge in [-0.05, 0) is 31.4 Å². The fourth-order valence-corrected chi connectivity index (χ4v) is 5.27. The van der Waals surface area contributed by atoms with Crippen LogP contribution in [0.4, 0.5) is 0 Å². The van der Waals surface area contributed by atoms with Crippen molar-refractivity contribution in [1.82, 2.24) is 15.2 Å². The quantitative estimate of drug-likeness (QED) is 0.877. The van der Waals surface area contributed by atoms with Crippen molar-refractivity contribution in [3.63, 3.8) is 0 Å². The van der Waals surface area contributed by atoms with Crippen molar-refractivity contribution in [2.75, 3.05) is 18.8 Å². The van der Waals surface area contributed by atoms with E-state index in [4.69, 9.17) is 0 Å². The smallest absolute Gasteiger partial charge is 0.233 e. The molecule has 2 aromatic rings. The summed E-state index contributed by atoms with van der Waals surface area (Å²) >= 11 is 3.24. The Morgan fingerprint density at radius 1 is 1.32 bits per heavy atom. The maximum atomic E-state index is 12.5. The van der Waals surface area contributed by atoms with Gasteiger partial charge < -0.3 is 10.2 Å². The molecule has 22 heavy (non-hydrogen) atoms. The van der Waals surface area contributed by atoms with Crippen molar-refractivity contribution in [3.8, 4) is 0 Å². The zero-order valence-electron chi connectivity index (χ0n) is 12.3. The number of thiazole rings is 1. The van der Waals surface area contributed by atoms with Crippen LogP contribution in [-0.4, -0.2) is 46.7 Å². The summed E-state index contributed by atoms with van der Waals surface area (Å²) in [6.45, 7) is 1.77. The van der Waals surface area contributed by atoms with Gasteiger partial charge in [-0.15, -0.1) is 11.3 Å². The highest BCUT2D eigenvalue weighted by Gasteiger charge is 2.30. The summed E-state index contributed by atoms with van der Waals surface area (Å²) in [6, 6.07) is 9.26. The van der Waals surface area contributed by atoms with Gasteiger partial charge in [0.25, 0.3) is 0 Å². The molecule has 6 heteroatoms. The normalized spacial score (nSPS) is 24.6. The van der Waals surface area contributed by atoms with Gasteiger partial charge in [0.2, 0.25) is 5.91 Å². The predicted octanol–water partition coefficient (Wildman–Crippen LogP) is 2.74. The van der Waals surface area contributed by atoms with Gasteiger partial charge in [-0.1, -0.05) is 23.9 Å². The van der Waals surface area contributed by atoms with Gasteiger partial charge in [-0.25, -0.2) is 4.98 Å². The maximum Gasteiger partial charge on any atom is 0.233 e. The number of nitrogens with one attached hydrogen (secondary N) is 1. The molecule has 0 spiro atoms. The second kappa shape index (κ2) is 6.18. The van der Waals surface area contributed by atoms with Crippen LogP contribution in [0.5, 0.6) is 0 Å². The molecule has 0 saturated carbocycles. The zero-order chi connectivity index (χ0) is 14.9. The molecule has 2 aliphatic heterocycles. The maximum absolute atomic E-state index is 12.5. The molecule has 116 valence electrons. The number of thioether (sulfide) groups is 1. The molecule has 3 heterocycles. The lowest BCUT2D eigenvalue weighted by molar-refractivity contribution is -0.128. The molecule has 0 aliphatic carbocycles. The van der Waals surface area contributed by atoms with E-state index < -0.39 is 0 Å². The highest BCUT2D eigenvalue weighted by atomic mass is 32.2. The first kappa shape index (κ1) is 14.5. The molecular formula is C16H19N3OS2. The number of amides is 1. The third-order valence-corrected chi connectivity index (χ3v) is 6.63. The Balaban J connectivity index is 1.37. The summed E-state index contributed by atoms with van der Waals surface area (Å²) in [7, 11) is 0. The fraction of sp³-hybridized carbons (Fsp3) is 0.500. The van der Waals surface area contributed by atoms with Gasteiger partial charge in [-0.3, -0.25) is 4.79 Å². The highest BCUT2D eigenvalue weighted by Crippen LogP contribution is 2.29. The number of benzene rings is 1.